The van der Waals surface area contributed by atoms with Crippen LogP contribution in [0.4, 0.5) is 0 Å². The summed E-state index contributed by atoms with van der Waals surface area (Å²) < 4.78 is 106. The Morgan fingerprint density at radius 2 is 1.48 bits per heavy atom. The zero-order chi connectivity index (χ0) is 45.4. The van der Waals surface area contributed by atoms with E-state index in [1.54, 1.807) is 30.3 Å². The molecule has 0 atom stereocenters. The smallest absolute Gasteiger partial charge is 0.195 e. The van der Waals surface area contributed by atoms with E-state index in [0.29, 0.717) is 37.7 Å². The normalized spacial score (nSPS) is 18.8. The van der Waals surface area contributed by atoms with E-state index in [1.165, 1.54) is 36.5 Å². The molecule has 4 heterocycles. The minimum atomic E-state index is -2.79. The van der Waals surface area contributed by atoms with Crippen molar-refractivity contribution in [2.75, 3.05) is 0 Å². The Balaban J connectivity index is 1.36. The lowest BCUT2D eigenvalue weighted by atomic mass is 9.61. The van der Waals surface area contributed by atoms with E-state index in [4.69, 9.17) is 29.8 Å². The number of fused-ring (bicyclic) bond motifs is 7. The van der Waals surface area contributed by atoms with Crippen LogP contribution in [0.5, 0.6) is 11.5 Å². The van der Waals surface area contributed by atoms with E-state index in [9.17, 15) is 0 Å². The number of thiazole rings is 1. The number of pyridine rings is 1. The average Bonchev–Trinajstić information content (AvgIpc) is 3.73. The van der Waals surface area contributed by atoms with E-state index in [0.717, 1.165) is 22.1 Å². The molecule has 0 spiro atoms. The lowest BCUT2D eigenvalue weighted by Crippen LogP contribution is -2.39. The van der Waals surface area contributed by atoms with Crippen molar-refractivity contribution in [3.63, 3.8) is 0 Å². The molecule has 0 fully saturated rings. The van der Waals surface area contributed by atoms with Gasteiger partial charge >= 0.3 is 0 Å². The number of aromatic nitrogens is 3. The minimum Gasteiger partial charge on any atom is -0.456 e. The maximum atomic E-state index is 8.94. The van der Waals surface area contributed by atoms with Crippen molar-refractivity contribution in [2.45, 2.75) is 72.4 Å². The molecule has 9 rings (SSSR count). The van der Waals surface area contributed by atoms with E-state index >= 15 is 0 Å². The molecule has 0 amide bonds. The summed E-state index contributed by atoms with van der Waals surface area (Å²) in [5.74, 6) is 0.790. The topological polar surface area (TPSA) is 39.4 Å². The van der Waals surface area contributed by atoms with E-state index < -0.39 is 37.8 Å². The highest BCUT2D eigenvalue weighted by Crippen LogP contribution is 2.55. The quantitative estimate of drug-likeness (QED) is 0.183. The van der Waals surface area contributed by atoms with Crippen LogP contribution in [0.2, 0.25) is 0 Å². The number of hydrogen-bond acceptors (Lipinski definition) is 4. The first-order chi connectivity index (χ1) is 29.3. The molecule has 4 nitrogen and oxygen atoms in total. The Morgan fingerprint density at radius 1 is 0.731 bits per heavy atom. The zero-order valence-electron chi connectivity index (χ0n) is 40.5. The molecule has 3 aromatic heterocycles. The van der Waals surface area contributed by atoms with Gasteiger partial charge in [0.05, 0.1) is 32.6 Å². The monoisotopic (exact) mass is 708 g/mol. The van der Waals surface area contributed by atoms with Crippen molar-refractivity contribution in [1.29, 1.82) is 0 Å². The highest BCUT2D eigenvalue weighted by atomic mass is 32.1. The molecule has 1 aliphatic heterocycles. The fourth-order valence-corrected chi connectivity index (χ4v) is 8.94. The summed E-state index contributed by atoms with van der Waals surface area (Å²) in [6.45, 7) is 1.59. The number of imidazole rings is 1. The third-order valence-electron chi connectivity index (χ3n) is 11.3. The number of hydrogen-bond donors (Lipinski definition) is 0. The number of para-hydroxylation sites is 3. The maximum absolute atomic E-state index is 8.94. The van der Waals surface area contributed by atoms with Gasteiger partial charge in [0.2, 0.25) is 0 Å². The SMILES string of the molecule is [2H]C([2H])([2H])c1ccc(-c2c(C([2H])([2H])C)ccc3c2sc2nc4ccccc4n23)cc1-c1nc(-c2c(C([2H])([2H])[2H])ccc3c2Oc2ccccc2C(C)(C)C3(C)C)ccc1C([2H])([2H])[2H]. The Kier molecular flexibility index (Phi) is 5.06. The van der Waals surface area contributed by atoms with Gasteiger partial charge in [-0.2, -0.15) is 0 Å². The van der Waals surface area contributed by atoms with Gasteiger partial charge in [0.15, 0.2) is 4.96 Å². The number of ether oxygens (including phenoxy) is 1. The van der Waals surface area contributed by atoms with Crippen LogP contribution in [0, 0.1) is 20.6 Å². The van der Waals surface area contributed by atoms with Gasteiger partial charge in [-0.25, -0.2) is 9.97 Å². The largest absolute Gasteiger partial charge is 0.456 e. The van der Waals surface area contributed by atoms with Crippen molar-refractivity contribution in [2.24, 2.45) is 0 Å². The van der Waals surface area contributed by atoms with E-state index in [-0.39, 0.29) is 45.0 Å². The second kappa shape index (κ2) is 11.6. The summed E-state index contributed by atoms with van der Waals surface area (Å²) in [6.07, 6.45) is -1.86. The molecule has 1 aliphatic rings. The predicted octanol–water partition coefficient (Wildman–Crippen LogP) is 12.9. The van der Waals surface area contributed by atoms with Gasteiger partial charge in [-0.05, 0) is 91.1 Å². The molecule has 5 heteroatoms. The lowest BCUT2D eigenvalue weighted by Gasteiger charge is -2.41. The molecule has 0 unspecified atom stereocenters. The predicted molar refractivity (Wildman–Crippen MR) is 218 cm³/mol. The van der Waals surface area contributed by atoms with Crippen LogP contribution in [0.15, 0.2) is 103 Å². The van der Waals surface area contributed by atoms with Gasteiger partial charge in [0.1, 0.15) is 11.5 Å². The molecule has 0 saturated carbocycles. The highest BCUT2D eigenvalue weighted by molar-refractivity contribution is 7.24. The third-order valence-corrected chi connectivity index (χ3v) is 12.3. The van der Waals surface area contributed by atoms with Crippen molar-refractivity contribution in [1.82, 2.24) is 14.4 Å². The van der Waals surface area contributed by atoms with Crippen LogP contribution >= 0.6 is 11.3 Å². The minimum absolute atomic E-state index is 0.0166. The summed E-state index contributed by atoms with van der Waals surface area (Å²) >= 11 is 1.37. The lowest BCUT2D eigenvalue weighted by molar-refractivity contribution is 0.306. The van der Waals surface area contributed by atoms with Crippen LogP contribution in [0.3, 0.4) is 0 Å². The first kappa shape index (κ1) is 22.6. The van der Waals surface area contributed by atoms with Crippen molar-refractivity contribution in [3.8, 4) is 45.1 Å². The van der Waals surface area contributed by atoms with Gasteiger partial charge in [-0.3, -0.25) is 4.40 Å². The molecule has 258 valence electrons. The molecule has 0 radical (unpaired) electrons. The fourth-order valence-electron chi connectivity index (χ4n) is 7.73. The maximum Gasteiger partial charge on any atom is 0.195 e. The van der Waals surface area contributed by atoms with Crippen LogP contribution in [0.25, 0.3) is 59.9 Å². The molecule has 8 aromatic rings. The summed E-state index contributed by atoms with van der Waals surface area (Å²) in [6, 6.07) is 29.6. The summed E-state index contributed by atoms with van der Waals surface area (Å²) in [4.78, 5) is 10.5. The Morgan fingerprint density at radius 3 is 2.31 bits per heavy atom. The van der Waals surface area contributed by atoms with E-state index in [2.05, 4.69) is 27.7 Å². The standard InChI is InChI=1S/C47H43N3OS/c1-9-30-22-25-38-44(52-45-49-35-15-11-12-16-37(35)50(38)45)41(30)31-21-18-27(2)32(26-31)42-29(4)20-24-36(48-42)40-28(3)19-23-34-43(40)51-39-17-13-10-14-33(39)46(5,6)47(34,7)8/h10-26H,9H2,1-8H3/i2D3,3D3,4D3,9D2. The van der Waals surface area contributed by atoms with Crippen molar-refractivity contribution >= 4 is 37.5 Å². The van der Waals surface area contributed by atoms with Gasteiger partial charge < -0.3 is 4.74 Å². The van der Waals surface area contributed by atoms with E-state index in [1.807, 2.05) is 59.0 Å². The Hall–Kier alpha value is -5.26. The molecule has 0 saturated heterocycles. The second-order valence-corrected chi connectivity index (χ2v) is 15.5. The summed E-state index contributed by atoms with van der Waals surface area (Å²) in [5, 5.41) is 0. The van der Waals surface area contributed by atoms with Crippen LogP contribution < -0.4 is 4.74 Å². The van der Waals surface area contributed by atoms with Gasteiger partial charge in [0, 0.05) is 53.7 Å². The molecular weight excluding hydrogens is 655 g/mol. The highest BCUT2D eigenvalue weighted by Gasteiger charge is 2.46. The average molecular weight is 709 g/mol. The molecular formula is C47H43N3OS. The molecule has 0 N–H and O–H groups in total. The van der Waals surface area contributed by atoms with Gasteiger partial charge in [-0.1, -0.05) is 113 Å². The van der Waals surface area contributed by atoms with Crippen molar-refractivity contribution in [3.05, 3.63) is 137 Å². The van der Waals surface area contributed by atoms with Crippen molar-refractivity contribution < 1.29 is 19.8 Å². The molecule has 5 aromatic carbocycles. The number of nitrogens with zero attached hydrogens (tertiary/aromatic N) is 3. The van der Waals surface area contributed by atoms with Gasteiger partial charge in [-0.15, -0.1) is 0 Å². The Labute approximate surface area is 325 Å². The Bertz CT molecular complexity index is 3170. The first-order valence-corrected chi connectivity index (χ1v) is 18.1. The van der Waals surface area contributed by atoms with Crippen LogP contribution in [-0.4, -0.2) is 14.4 Å². The van der Waals surface area contributed by atoms with Gasteiger partial charge in [0.25, 0.3) is 0 Å². The molecule has 52 heavy (non-hydrogen) atoms. The van der Waals surface area contributed by atoms with Crippen LogP contribution in [0.1, 0.15) is 83.1 Å². The number of benzene rings is 5. The summed E-state index contributed by atoms with van der Waals surface area (Å²) in [7, 11) is 0. The third kappa shape index (κ3) is 4.65. The fraction of sp³-hybridized carbons (Fsp3) is 0.234. The van der Waals surface area contributed by atoms with Crippen LogP contribution in [-0.2, 0) is 17.2 Å². The number of aryl methyl sites for hydroxylation is 4. The summed E-state index contributed by atoms with van der Waals surface area (Å²) in [5.41, 5.74) is 3.70. The zero-order valence-corrected chi connectivity index (χ0v) is 30.3. The second-order valence-electron chi connectivity index (χ2n) is 14.5. The first-order valence-electron chi connectivity index (χ1n) is 22.8. The number of rotatable bonds is 4. The molecule has 0 aliphatic carbocycles. The molecule has 0 bridgehead atoms.